The summed E-state index contributed by atoms with van der Waals surface area (Å²) < 4.78 is 10.6. The molecule has 9 nitrogen and oxygen atoms in total. The van der Waals surface area contributed by atoms with Crippen LogP contribution in [0.1, 0.15) is 53.7 Å². The van der Waals surface area contributed by atoms with Crippen molar-refractivity contribution in [1.29, 1.82) is 0 Å². The van der Waals surface area contributed by atoms with Gasteiger partial charge in [0.15, 0.2) is 5.69 Å². The maximum atomic E-state index is 12.7. The van der Waals surface area contributed by atoms with E-state index >= 15 is 0 Å². The van der Waals surface area contributed by atoms with Gasteiger partial charge < -0.3 is 19.3 Å². The summed E-state index contributed by atoms with van der Waals surface area (Å²) in [5, 5.41) is 15.0. The maximum Gasteiger partial charge on any atom is 0.414 e. The number of hydrogen-bond acceptors (Lipinski definition) is 6. The number of hydrogen-bond donors (Lipinski definition) is 2. The van der Waals surface area contributed by atoms with Crippen molar-refractivity contribution in [2.45, 2.75) is 32.1 Å². The number of nitrogens with zero attached hydrogens (tertiary/aromatic N) is 2. The summed E-state index contributed by atoms with van der Waals surface area (Å²) in [7, 11) is 0. The summed E-state index contributed by atoms with van der Waals surface area (Å²) in [6, 6.07) is 17.5. The van der Waals surface area contributed by atoms with Gasteiger partial charge in [0.05, 0.1) is 0 Å². The molecule has 2 N–H and O–H groups in total. The minimum atomic E-state index is -0.861. The molecule has 0 saturated carbocycles. The normalized spacial score (nSPS) is 12.0. The topological polar surface area (TPSA) is 122 Å². The van der Waals surface area contributed by atoms with Gasteiger partial charge in [-0.1, -0.05) is 53.7 Å². The Hall–Kier alpha value is -4.14. The smallest absolute Gasteiger partial charge is 0.414 e. The highest BCUT2D eigenvalue weighted by atomic mass is 16.6. The number of carbonyl (C=O) groups excluding carboxylic acids is 2. The van der Waals surface area contributed by atoms with Crippen LogP contribution in [0.5, 0.6) is 0 Å². The first-order valence-corrected chi connectivity index (χ1v) is 11.6. The van der Waals surface area contributed by atoms with Crippen molar-refractivity contribution in [1.82, 2.24) is 10.1 Å². The number of amides is 2. The molecule has 0 bridgehead atoms. The molecule has 2 aromatic carbocycles. The van der Waals surface area contributed by atoms with Gasteiger partial charge in [-0.2, -0.15) is 0 Å². The molecule has 0 saturated heterocycles. The standard InChI is InChI=1S/C26H27N3O6/c1-2-29(14-8-7-13-24(30)31)25(32)22-15-23(35-28-22)27-26(33)34-16-21-19-11-5-3-9-17(19)18-10-4-6-12-20(18)21/h3-6,9-12,15,21H,2,7-8,13-14,16H2,1H3,(H,27,33)(H,30,31). The van der Waals surface area contributed by atoms with Gasteiger partial charge in [0, 0.05) is 31.5 Å². The van der Waals surface area contributed by atoms with Crippen LogP contribution in [0.15, 0.2) is 59.1 Å². The Balaban J connectivity index is 1.32. The van der Waals surface area contributed by atoms with Crippen molar-refractivity contribution in [2.75, 3.05) is 25.0 Å². The second kappa shape index (κ2) is 10.9. The highest BCUT2D eigenvalue weighted by Crippen LogP contribution is 2.44. The number of fused-ring (bicyclic) bond motifs is 3. The molecule has 35 heavy (non-hydrogen) atoms. The van der Waals surface area contributed by atoms with E-state index < -0.39 is 12.1 Å². The number of aromatic nitrogens is 1. The first-order chi connectivity index (χ1) is 17.0. The highest BCUT2D eigenvalue weighted by molar-refractivity contribution is 5.94. The van der Waals surface area contributed by atoms with E-state index in [0.29, 0.717) is 25.9 Å². The SMILES string of the molecule is CCN(CCCCC(=O)O)C(=O)c1cc(NC(=O)OCC2c3ccccc3-c3ccccc32)on1. The Morgan fingerprint density at radius 2 is 1.71 bits per heavy atom. The monoisotopic (exact) mass is 477 g/mol. The molecule has 0 atom stereocenters. The van der Waals surface area contributed by atoms with Crippen LogP contribution < -0.4 is 5.32 Å². The number of carboxylic acids is 1. The Kier molecular flexibility index (Phi) is 7.45. The number of unbranched alkanes of at least 4 members (excludes halogenated alkanes) is 1. The zero-order valence-electron chi connectivity index (χ0n) is 19.4. The lowest BCUT2D eigenvalue weighted by molar-refractivity contribution is -0.137. The number of ether oxygens (including phenoxy) is 1. The van der Waals surface area contributed by atoms with Crippen molar-refractivity contribution >= 4 is 23.9 Å². The molecule has 182 valence electrons. The zero-order chi connectivity index (χ0) is 24.8. The number of carboxylic acid groups (broad SMARTS) is 1. The third-order valence-corrected chi connectivity index (χ3v) is 6.04. The van der Waals surface area contributed by atoms with Crippen LogP contribution in [-0.4, -0.2) is 52.8 Å². The lowest BCUT2D eigenvalue weighted by Crippen LogP contribution is -2.32. The lowest BCUT2D eigenvalue weighted by atomic mass is 9.98. The molecule has 0 radical (unpaired) electrons. The summed E-state index contributed by atoms with van der Waals surface area (Å²) in [4.78, 5) is 37.3. The summed E-state index contributed by atoms with van der Waals surface area (Å²) in [6.45, 7) is 2.82. The fourth-order valence-electron chi connectivity index (χ4n) is 4.31. The van der Waals surface area contributed by atoms with Crippen LogP contribution in [0.2, 0.25) is 0 Å². The largest absolute Gasteiger partial charge is 0.481 e. The fraction of sp³-hybridized carbons (Fsp3) is 0.308. The van der Waals surface area contributed by atoms with Crippen LogP contribution in [0, 0.1) is 0 Å². The molecule has 3 aromatic rings. The van der Waals surface area contributed by atoms with Crippen LogP contribution in [-0.2, 0) is 9.53 Å². The first kappa shape index (κ1) is 24.0. The molecule has 0 aliphatic heterocycles. The molecule has 9 heteroatoms. The molecule has 1 aliphatic rings. The van der Waals surface area contributed by atoms with Crippen molar-refractivity contribution in [3.8, 4) is 11.1 Å². The van der Waals surface area contributed by atoms with E-state index in [-0.39, 0.29) is 36.4 Å². The molecule has 0 fully saturated rings. The zero-order valence-corrected chi connectivity index (χ0v) is 19.4. The Bertz CT molecular complexity index is 1180. The van der Waals surface area contributed by atoms with Crippen LogP contribution >= 0.6 is 0 Å². The van der Waals surface area contributed by atoms with E-state index in [2.05, 4.69) is 22.6 Å². The van der Waals surface area contributed by atoms with Gasteiger partial charge in [-0.05, 0) is 42.0 Å². The summed E-state index contributed by atoms with van der Waals surface area (Å²) in [6.07, 6.45) is 0.397. The van der Waals surface area contributed by atoms with Gasteiger partial charge in [0.1, 0.15) is 6.61 Å². The van der Waals surface area contributed by atoms with Gasteiger partial charge in [-0.15, -0.1) is 0 Å². The van der Waals surface area contributed by atoms with Crippen LogP contribution in [0.4, 0.5) is 10.7 Å². The minimum Gasteiger partial charge on any atom is -0.481 e. The van der Waals surface area contributed by atoms with E-state index in [9.17, 15) is 14.4 Å². The highest BCUT2D eigenvalue weighted by Gasteiger charge is 2.29. The Labute approximate surface area is 202 Å². The maximum absolute atomic E-state index is 12.7. The number of nitrogens with one attached hydrogen (secondary N) is 1. The number of benzene rings is 2. The van der Waals surface area contributed by atoms with E-state index in [1.165, 1.54) is 6.07 Å². The molecule has 0 unspecified atom stereocenters. The average Bonchev–Trinajstić information content (AvgIpc) is 3.45. The molecular formula is C26H27N3O6. The van der Waals surface area contributed by atoms with E-state index in [1.807, 2.05) is 43.3 Å². The molecular weight excluding hydrogens is 450 g/mol. The van der Waals surface area contributed by atoms with Gasteiger partial charge in [0.25, 0.3) is 5.91 Å². The van der Waals surface area contributed by atoms with E-state index in [4.69, 9.17) is 14.4 Å². The van der Waals surface area contributed by atoms with E-state index in [0.717, 1.165) is 22.3 Å². The third-order valence-electron chi connectivity index (χ3n) is 6.04. The number of anilines is 1. The van der Waals surface area contributed by atoms with Crippen molar-refractivity contribution in [3.05, 3.63) is 71.4 Å². The third kappa shape index (κ3) is 5.51. The number of aliphatic carboxylic acids is 1. The Morgan fingerprint density at radius 3 is 2.34 bits per heavy atom. The number of rotatable bonds is 10. The quantitative estimate of drug-likeness (QED) is 0.404. The van der Waals surface area contributed by atoms with Crippen LogP contribution in [0.25, 0.3) is 11.1 Å². The number of carbonyl (C=O) groups is 3. The molecule has 2 amide bonds. The molecule has 4 rings (SSSR count). The minimum absolute atomic E-state index is 0.00695. The fourth-order valence-corrected chi connectivity index (χ4v) is 4.31. The molecule has 0 spiro atoms. The van der Waals surface area contributed by atoms with Gasteiger partial charge >= 0.3 is 12.1 Å². The molecule has 1 aliphatic carbocycles. The van der Waals surface area contributed by atoms with Crippen LogP contribution in [0.3, 0.4) is 0 Å². The van der Waals surface area contributed by atoms with Gasteiger partial charge in [0.2, 0.25) is 5.88 Å². The predicted octanol–water partition coefficient (Wildman–Crippen LogP) is 4.75. The van der Waals surface area contributed by atoms with Gasteiger partial charge in [-0.25, -0.2) is 4.79 Å². The lowest BCUT2D eigenvalue weighted by Gasteiger charge is -2.19. The van der Waals surface area contributed by atoms with Crippen molar-refractivity contribution in [2.24, 2.45) is 0 Å². The second-order valence-corrected chi connectivity index (χ2v) is 8.26. The molecule has 1 aromatic heterocycles. The summed E-state index contributed by atoms with van der Waals surface area (Å²) in [5.41, 5.74) is 4.55. The Morgan fingerprint density at radius 1 is 1.06 bits per heavy atom. The summed E-state index contributed by atoms with van der Waals surface area (Å²) in [5.74, 6) is -1.28. The average molecular weight is 478 g/mol. The summed E-state index contributed by atoms with van der Waals surface area (Å²) >= 11 is 0. The molecule has 1 heterocycles. The second-order valence-electron chi connectivity index (χ2n) is 8.26. The van der Waals surface area contributed by atoms with Crippen molar-refractivity contribution in [3.63, 3.8) is 0 Å². The van der Waals surface area contributed by atoms with E-state index in [1.54, 1.807) is 4.90 Å². The predicted molar refractivity (Wildman–Crippen MR) is 128 cm³/mol. The van der Waals surface area contributed by atoms with Crippen molar-refractivity contribution < 1.29 is 28.8 Å². The first-order valence-electron chi connectivity index (χ1n) is 11.6. The van der Waals surface area contributed by atoms with Gasteiger partial charge in [-0.3, -0.25) is 14.9 Å².